The Morgan fingerprint density at radius 1 is 1.13 bits per heavy atom. The molecule has 3 heterocycles. The number of aromatic nitrogens is 5. The molecular formula is C21H20FN5OS2. The van der Waals surface area contributed by atoms with E-state index in [4.69, 9.17) is 0 Å². The van der Waals surface area contributed by atoms with Crippen molar-refractivity contribution >= 4 is 33.3 Å². The van der Waals surface area contributed by atoms with Gasteiger partial charge in [0.2, 0.25) is 5.16 Å². The van der Waals surface area contributed by atoms with Crippen molar-refractivity contribution in [3.8, 4) is 11.1 Å². The Bertz CT molecular complexity index is 1220. The van der Waals surface area contributed by atoms with E-state index in [1.165, 1.54) is 60.9 Å². The fourth-order valence-corrected chi connectivity index (χ4v) is 5.61. The van der Waals surface area contributed by atoms with Crippen LogP contribution in [0.15, 0.2) is 39.6 Å². The lowest BCUT2D eigenvalue weighted by molar-refractivity contribution is 0.531. The number of thioether (sulfide) groups is 1. The first kappa shape index (κ1) is 19.4. The summed E-state index contributed by atoms with van der Waals surface area (Å²) in [6, 6.07) is 6.13. The van der Waals surface area contributed by atoms with E-state index < -0.39 is 0 Å². The molecule has 0 spiro atoms. The van der Waals surface area contributed by atoms with E-state index >= 15 is 0 Å². The Balaban J connectivity index is 1.31. The van der Waals surface area contributed by atoms with Gasteiger partial charge in [-0.3, -0.25) is 9.89 Å². The van der Waals surface area contributed by atoms with Gasteiger partial charge in [0, 0.05) is 17.4 Å². The number of aromatic amines is 2. The fourth-order valence-electron chi connectivity index (χ4n) is 3.96. The van der Waals surface area contributed by atoms with Crippen molar-refractivity contribution < 1.29 is 4.39 Å². The zero-order valence-corrected chi connectivity index (χ0v) is 17.8. The Morgan fingerprint density at radius 3 is 2.73 bits per heavy atom. The van der Waals surface area contributed by atoms with Crippen molar-refractivity contribution in [2.75, 3.05) is 0 Å². The van der Waals surface area contributed by atoms with Crippen molar-refractivity contribution in [1.29, 1.82) is 0 Å². The minimum Gasteiger partial charge on any atom is -0.309 e. The van der Waals surface area contributed by atoms with Crippen LogP contribution in [0.25, 0.3) is 21.3 Å². The third kappa shape index (κ3) is 4.04. The number of rotatable bonds is 6. The molecule has 9 heteroatoms. The number of hydrogen-bond donors (Lipinski definition) is 2. The zero-order chi connectivity index (χ0) is 20.5. The molecule has 5 rings (SSSR count). The van der Waals surface area contributed by atoms with E-state index in [2.05, 4.69) is 25.1 Å². The Morgan fingerprint density at radius 2 is 1.93 bits per heavy atom. The Labute approximate surface area is 180 Å². The molecule has 0 unspecified atom stereocenters. The lowest BCUT2D eigenvalue weighted by atomic mass is 10.0. The van der Waals surface area contributed by atoms with Gasteiger partial charge in [-0.05, 0) is 23.6 Å². The highest BCUT2D eigenvalue weighted by molar-refractivity contribution is 7.98. The van der Waals surface area contributed by atoms with Crippen LogP contribution in [0.5, 0.6) is 0 Å². The maximum absolute atomic E-state index is 13.2. The number of hydrogen-bond acceptors (Lipinski definition) is 6. The number of H-pyrrole nitrogens is 2. The highest BCUT2D eigenvalue weighted by Crippen LogP contribution is 2.31. The molecule has 1 saturated carbocycles. The first-order valence-corrected chi connectivity index (χ1v) is 11.8. The van der Waals surface area contributed by atoms with Crippen LogP contribution in [0.3, 0.4) is 0 Å². The second-order valence-corrected chi connectivity index (χ2v) is 9.36. The maximum Gasteiger partial charge on any atom is 0.260 e. The molecule has 1 aromatic carbocycles. The number of fused-ring (bicyclic) bond motifs is 1. The Kier molecular flexibility index (Phi) is 5.39. The van der Waals surface area contributed by atoms with Crippen LogP contribution in [0, 0.1) is 11.7 Å². The summed E-state index contributed by atoms with van der Waals surface area (Å²) in [6.45, 7) is 0. The van der Waals surface area contributed by atoms with Gasteiger partial charge in [-0.2, -0.15) is 0 Å². The maximum atomic E-state index is 13.2. The number of halogens is 1. The normalized spacial score (nSPS) is 14.7. The van der Waals surface area contributed by atoms with Crippen LogP contribution in [0.2, 0.25) is 0 Å². The fraction of sp³-hybridized carbons (Fsp3) is 0.333. The summed E-state index contributed by atoms with van der Waals surface area (Å²) in [5, 5.41) is 10.4. The highest BCUT2D eigenvalue weighted by atomic mass is 32.2. The van der Waals surface area contributed by atoms with Crippen molar-refractivity contribution in [1.82, 2.24) is 25.1 Å². The summed E-state index contributed by atoms with van der Waals surface area (Å²) in [6.07, 6.45) is 6.13. The second-order valence-electron chi connectivity index (χ2n) is 7.56. The van der Waals surface area contributed by atoms with Crippen LogP contribution >= 0.6 is 23.1 Å². The van der Waals surface area contributed by atoms with Gasteiger partial charge in [-0.15, -0.1) is 16.4 Å². The second kappa shape index (κ2) is 8.31. The molecule has 0 aliphatic heterocycles. The van der Waals surface area contributed by atoms with E-state index in [1.54, 1.807) is 12.1 Å². The standard InChI is InChI=1S/C21H20FN5OS2/c22-14-7-5-13(6-8-14)15-10-29-20-18(15)19(28)23-17(24-20)11-30-21-25-16(26-27-21)9-12-3-1-2-4-12/h5-8,10,12H,1-4,9,11H2,(H,23,24,28)(H,25,26,27). The van der Waals surface area contributed by atoms with Gasteiger partial charge < -0.3 is 4.98 Å². The molecule has 3 aromatic heterocycles. The zero-order valence-electron chi connectivity index (χ0n) is 16.2. The molecule has 0 saturated heterocycles. The van der Waals surface area contributed by atoms with Gasteiger partial charge in [0.1, 0.15) is 22.3 Å². The van der Waals surface area contributed by atoms with Gasteiger partial charge >= 0.3 is 0 Å². The molecule has 0 atom stereocenters. The van der Waals surface area contributed by atoms with Gasteiger partial charge in [-0.1, -0.05) is 49.6 Å². The van der Waals surface area contributed by atoms with Crippen molar-refractivity contribution in [2.45, 2.75) is 43.0 Å². The average Bonchev–Trinajstić information content (AvgIpc) is 3.49. The van der Waals surface area contributed by atoms with Crippen LogP contribution in [0.4, 0.5) is 4.39 Å². The van der Waals surface area contributed by atoms with E-state index in [0.717, 1.165) is 23.4 Å². The summed E-state index contributed by atoms with van der Waals surface area (Å²) < 4.78 is 13.2. The number of nitrogens with one attached hydrogen (secondary N) is 2. The number of thiophene rings is 1. The van der Waals surface area contributed by atoms with Crippen molar-refractivity contribution in [3.05, 3.63) is 57.5 Å². The van der Waals surface area contributed by atoms with Crippen molar-refractivity contribution in [2.24, 2.45) is 5.92 Å². The molecule has 154 valence electrons. The molecular weight excluding hydrogens is 421 g/mol. The van der Waals surface area contributed by atoms with E-state index in [9.17, 15) is 9.18 Å². The highest BCUT2D eigenvalue weighted by Gasteiger charge is 2.18. The molecule has 1 aliphatic rings. The SMILES string of the molecule is O=c1[nH]c(CSc2n[nH]c(CC3CCCC3)n2)nc2scc(-c3ccc(F)cc3)c12. The molecule has 30 heavy (non-hydrogen) atoms. The molecule has 0 bridgehead atoms. The van der Waals surface area contributed by atoms with Crippen LogP contribution < -0.4 is 5.56 Å². The molecule has 0 radical (unpaired) electrons. The van der Waals surface area contributed by atoms with E-state index in [-0.39, 0.29) is 11.4 Å². The van der Waals surface area contributed by atoms with Gasteiger partial charge in [-0.25, -0.2) is 14.4 Å². The average molecular weight is 442 g/mol. The summed E-state index contributed by atoms with van der Waals surface area (Å²) in [5.41, 5.74) is 1.38. The van der Waals surface area contributed by atoms with E-state index in [1.807, 2.05) is 5.38 Å². The summed E-state index contributed by atoms with van der Waals surface area (Å²) >= 11 is 2.86. The quantitative estimate of drug-likeness (QED) is 0.414. The lowest BCUT2D eigenvalue weighted by Gasteiger charge is -2.04. The summed E-state index contributed by atoms with van der Waals surface area (Å²) in [7, 11) is 0. The van der Waals surface area contributed by atoms with Crippen LogP contribution in [0.1, 0.15) is 37.3 Å². The third-order valence-corrected chi connectivity index (χ3v) is 7.18. The first-order valence-electron chi connectivity index (χ1n) is 9.96. The molecule has 0 amide bonds. The molecule has 6 nitrogen and oxygen atoms in total. The summed E-state index contributed by atoms with van der Waals surface area (Å²) in [4.78, 5) is 25.4. The molecule has 1 aliphatic carbocycles. The topological polar surface area (TPSA) is 87.3 Å². The smallest absolute Gasteiger partial charge is 0.260 e. The predicted octanol–water partition coefficient (Wildman–Crippen LogP) is 4.93. The minimum atomic E-state index is -0.303. The minimum absolute atomic E-state index is 0.187. The van der Waals surface area contributed by atoms with Gasteiger partial charge in [0.05, 0.1) is 11.1 Å². The third-order valence-electron chi connectivity index (χ3n) is 5.45. The molecule has 4 aromatic rings. The van der Waals surface area contributed by atoms with Crippen LogP contribution in [-0.4, -0.2) is 25.1 Å². The van der Waals surface area contributed by atoms with Gasteiger partial charge in [0.25, 0.3) is 5.56 Å². The van der Waals surface area contributed by atoms with Crippen LogP contribution in [-0.2, 0) is 12.2 Å². The monoisotopic (exact) mass is 441 g/mol. The van der Waals surface area contributed by atoms with Gasteiger partial charge in [0.15, 0.2) is 0 Å². The molecule has 1 fully saturated rings. The largest absolute Gasteiger partial charge is 0.309 e. The number of benzene rings is 1. The number of nitrogens with zero attached hydrogens (tertiary/aromatic N) is 3. The summed E-state index contributed by atoms with van der Waals surface area (Å²) in [5.74, 6) is 2.42. The lowest BCUT2D eigenvalue weighted by Crippen LogP contribution is -2.10. The molecule has 2 N–H and O–H groups in total. The predicted molar refractivity (Wildman–Crippen MR) is 117 cm³/mol. The van der Waals surface area contributed by atoms with Crippen molar-refractivity contribution in [3.63, 3.8) is 0 Å². The van der Waals surface area contributed by atoms with E-state index in [0.29, 0.717) is 32.9 Å². The Hall–Kier alpha value is -2.52. The first-order chi connectivity index (χ1) is 14.7.